The highest BCUT2D eigenvalue weighted by atomic mass is 32.1. The molecule has 1 heterocycles. The number of carbonyl (C=O) groups is 1. The number of carboxylic acid groups (broad SMARTS) is 1. The highest BCUT2D eigenvalue weighted by Gasteiger charge is 2.19. The number of anilines is 2. The molecule has 0 radical (unpaired) electrons. The summed E-state index contributed by atoms with van der Waals surface area (Å²) in [7, 11) is 0. The molecule has 1 unspecified atom stereocenters. The Morgan fingerprint density at radius 1 is 1.44 bits per heavy atom. The molecule has 0 bridgehead atoms. The van der Waals surface area contributed by atoms with E-state index in [2.05, 4.69) is 4.98 Å². The quantitative estimate of drug-likeness (QED) is 0.900. The molecule has 0 aliphatic carbocycles. The monoisotopic (exact) mass is 262 g/mol. The van der Waals surface area contributed by atoms with Crippen molar-refractivity contribution in [3.63, 3.8) is 0 Å². The van der Waals surface area contributed by atoms with Crippen molar-refractivity contribution in [1.82, 2.24) is 4.98 Å². The van der Waals surface area contributed by atoms with Crippen molar-refractivity contribution in [2.45, 2.75) is 6.92 Å². The van der Waals surface area contributed by atoms with Gasteiger partial charge in [-0.3, -0.25) is 4.79 Å². The van der Waals surface area contributed by atoms with E-state index in [-0.39, 0.29) is 0 Å². The van der Waals surface area contributed by atoms with Gasteiger partial charge in [-0.25, -0.2) is 4.98 Å². The lowest BCUT2D eigenvalue weighted by molar-refractivity contribution is -0.140. The molecule has 0 aliphatic rings. The molecular formula is C13H14N2O2S. The van der Waals surface area contributed by atoms with Gasteiger partial charge >= 0.3 is 5.97 Å². The van der Waals surface area contributed by atoms with Gasteiger partial charge in [-0.05, 0) is 12.1 Å². The van der Waals surface area contributed by atoms with E-state index in [1.165, 1.54) is 11.3 Å². The van der Waals surface area contributed by atoms with Crippen LogP contribution in [0.25, 0.3) is 0 Å². The topological polar surface area (TPSA) is 53.4 Å². The van der Waals surface area contributed by atoms with Crippen LogP contribution in [0.4, 0.5) is 10.8 Å². The third-order valence-electron chi connectivity index (χ3n) is 2.60. The average molecular weight is 262 g/mol. The number of rotatable bonds is 5. The van der Waals surface area contributed by atoms with Crippen LogP contribution in [0.15, 0.2) is 41.9 Å². The molecule has 0 fully saturated rings. The molecule has 0 saturated heterocycles. The highest BCUT2D eigenvalue weighted by molar-refractivity contribution is 7.13. The molecule has 1 aromatic carbocycles. The van der Waals surface area contributed by atoms with Crippen LogP contribution in [-0.2, 0) is 4.79 Å². The van der Waals surface area contributed by atoms with Crippen molar-refractivity contribution in [3.05, 3.63) is 41.9 Å². The van der Waals surface area contributed by atoms with Crippen LogP contribution in [0, 0.1) is 5.92 Å². The smallest absolute Gasteiger partial charge is 0.308 e. The van der Waals surface area contributed by atoms with Gasteiger partial charge in [0.25, 0.3) is 0 Å². The van der Waals surface area contributed by atoms with Gasteiger partial charge in [-0.15, -0.1) is 11.3 Å². The van der Waals surface area contributed by atoms with Crippen LogP contribution >= 0.6 is 11.3 Å². The molecule has 0 spiro atoms. The number of aliphatic carboxylic acids is 1. The van der Waals surface area contributed by atoms with Gasteiger partial charge in [0.2, 0.25) is 0 Å². The Morgan fingerprint density at radius 2 is 2.17 bits per heavy atom. The van der Waals surface area contributed by atoms with Crippen molar-refractivity contribution < 1.29 is 9.90 Å². The zero-order valence-corrected chi connectivity index (χ0v) is 10.8. The van der Waals surface area contributed by atoms with Crippen molar-refractivity contribution in [1.29, 1.82) is 0 Å². The number of thiazole rings is 1. The van der Waals surface area contributed by atoms with Crippen molar-refractivity contribution in [2.75, 3.05) is 11.4 Å². The molecule has 4 nitrogen and oxygen atoms in total. The second-order valence-corrected chi connectivity index (χ2v) is 4.87. The Balaban J connectivity index is 2.27. The number of benzene rings is 1. The summed E-state index contributed by atoms with van der Waals surface area (Å²) in [5, 5.41) is 11.7. The second-order valence-electron chi connectivity index (χ2n) is 4.00. The van der Waals surface area contributed by atoms with Crippen molar-refractivity contribution in [3.8, 4) is 0 Å². The first-order valence-corrected chi connectivity index (χ1v) is 6.51. The van der Waals surface area contributed by atoms with Crippen molar-refractivity contribution >= 4 is 28.1 Å². The molecule has 0 aliphatic heterocycles. The molecule has 5 heteroatoms. The lowest BCUT2D eigenvalue weighted by atomic mass is 10.1. The number of nitrogens with zero attached hydrogens (tertiary/aromatic N) is 2. The fraction of sp³-hybridized carbons (Fsp3) is 0.231. The Morgan fingerprint density at radius 3 is 2.72 bits per heavy atom. The first-order valence-electron chi connectivity index (χ1n) is 5.63. The third-order valence-corrected chi connectivity index (χ3v) is 3.39. The van der Waals surface area contributed by atoms with Crippen LogP contribution < -0.4 is 4.90 Å². The minimum Gasteiger partial charge on any atom is -0.481 e. The van der Waals surface area contributed by atoms with Gasteiger partial charge in [-0.1, -0.05) is 25.1 Å². The zero-order valence-electron chi connectivity index (χ0n) is 9.98. The number of hydrogen-bond donors (Lipinski definition) is 1. The summed E-state index contributed by atoms with van der Waals surface area (Å²) in [6.07, 6.45) is 1.72. The van der Waals surface area contributed by atoms with Crippen molar-refractivity contribution in [2.24, 2.45) is 5.92 Å². The lowest BCUT2D eigenvalue weighted by Gasteiger charge is -2.23. The summed E-state index contributed by atoms with van der Waals surface area (Å²) in [6, 6.07) is 9.71. The average Bonchev–Trinajstić information content (AvgIpc) is 2.90. The lowest BCUT2D eigenvalue weighted by Crippen LogP contribution is -2.28. The van der Waals surface area contributed by atoms with E-state index in [0.717, 1.165) is 10.8 Å². The maximum atomic E-state index is 11.0. The number of hydrogen-bond acceptors (Lipinski definition) is 4. The first kappa shape index (κ1) is 12.6. The summed E-state index contributed by atoms with van der Waals surface area (Å²) < 4.78 is 0. The molecule has 94 valence electrons. The van der Waals surface area contributed by atoms with Crippen LogP contribution in [-0.4, -0.2) is 22.6 Å². The predicted molar refractivity (Wildman–Crippen MR) is 72.4 cm³/mol. The van der Waals surface area contributed by atoms with Crippen LogP contribution in [0.1, 0.15) is 6.92 Å². The molecular weight excluding hydrogens is 248 g/mol. The van der Waals surface area contributed by atoms with E-state index in [9.17, 15) is 4.79 Å². The minimum atomic E-state index is -0.799. The van der Waals surface area contributed by atoms with E-state index in [0.29, 0.717) is 6.54 Å². The Labute approximate surface area is 110 Å². The van der Waals surface area contributed by atoms with E-state index in [4.69, 9.17) is 5.11 Å². The molecule has 1 N–H and O–H groups in total. The van der Waals surface area contributed by atoms with Crippen LogP contribution in [0.2, 0.25) is 0 Å². The zero-order chi connectivity index (χ0) is 13.0. The summed E-state index contributed by atoms with van der Waals surface area (Å²) in [5.74, 6) is -1.25. The van der Waals surface area contributed by atoms with Gasteiger partial charge in [0, 0.05) is 23.8 Å². The summed E-state index contributed by atoms with van der Waals surface area (Å²) in [5.41, 5.74) is 0.959. The van der Waals surface area contributed by atoms with Gasteiger partial charge in [0.05, 0.1) is 5.92 Å². The fourth-order valence-corrected chi connectivity index (χ4v) is 2.28. The second kappa shape index (κ2) is 5.64. The maximum Gasteiger partial charge on any atom is 0.308 e. The van der Waals surface area contributed by atoms with E-state index in [1.807, 2.05) is 40.6 Å². The first-order chi connectivity index (χ1) is 8.68. The Hall–Kier alpha value is -1.88. The SMILES string of the molecule is CC(CN(c1ccccc1)c1nccs1)C(=O)O. The molecule has 1 aromatic heterocycles. The molecule has 18 heavy (non-hydrogen) atoms. The molecule has 0 amide bonds. The molecule has 0 saturated carbocycles. The van der Waals surface area contributed by atoms with Crippen LogP contribution in [0.3, 0.4) is 0 Å². The van der Waals surface area contributed by atoms with Gasteiger partial charge in [-0.2, -0.15) is 0 Å². The highest BCUT2D eigenvalue weighted by Crippen LogP contribution is 2.27. The van der Waals surface area contributed by atoms with E-state index in [1.54, 1.807) is 13.1 Å². The molecule has 2 aromatic rings. The van der Waals surface area contributed by atoms with Gasteiger partial charge in [0.1, 0.15) is 0 Å². The van der Waals surface area contributed by atoms with E-state index < -0.39 is 11.9 Å². The summed E-state index contributed by atoms with van der Waals surface area (Å²) in [6.45, 7) is 2.11. The minimum absolute atomic E-state index is 0.410. The molecule has 2 rings (SSSR count). The Bertz CT molecular complexity index is 499. The summed E-state index contributed by atoms with van der Waals surface area (Å²) in [4.78, 5) is 17.2. The largest absolute Gasteiger partial charge is 0.481 e. The normalized spacial score (nSPS) is 12.1. The standard InChI is InChI=1S/C13H14N2O2S/c1-10(12(16)17)9-15(13-14-7-8-18-13)11-5-3-2-4-6-11/h2-8,10H,9H2,1H3,(H,16,17). The maximum absolute atomic E-state index is 11.0. The number of para-hydroxylation sites is 1. The van der Waals surface area contributed by atoms with E-state index >= 15 is 0 Å². The fourth-order valence-electron chi connectivity index (χ4n) is 1.60. The Kier molecular flexibility index (Phi) is 3.94. The molecule has 1 atom stereocenters. The van der Waals surface area contributed by atoms with Gasteiger partial charge < -0.3 is 10.0 Å². The third kappa shape index (κ3) is 2.87. The number of carboxylic acids is 1. The van der Waals surface area contributed by atoms with Gasteiger partial charge in [0.15, 0.2) is 5.13 Å². The predicted octanol–water partition coefficient (Wildman–Crippen LogP) is 3.00. The van der Waals surface area contributed by atoms with Crippen LogP contribution in [0.5, 0.6) is 0 Å². The number of aromatic nitrogens is 1. The summed E-state index contributed by atoms with van der Waals surface area (Å²) >= 11 is 1.50.